The lowest BCUT2D eigenvalue weighted by Gasteiger charge is -2.21. The van der Waals surface area contributed by atoms with Gasteiger partial charge in [-0.15, -0.1) is 0 Å². The Morgan fingerprint density at radius 2 is 1.86 bits per heavy atom. The Morgan fingerprint density at radius 3 is 2.43 bits per heavy atom. The molecule has 1 aromatic heterocycles. The summed E-state index contributed by atoms with van der Waals surface area (Å²) in [5.74, 6) is 0. The number of hydrogen-bond donors (Lipinski definition) is 1. The van der Waals surface area contributed by atoms with E-state index in [2.05, 4.69) is 55.0 Å². The van der Waals surface area contributed by atoms with Gasteiger partial charge in [0.05, 0.1) is 15.6 Å². The summed E-state index contributed by atoms with van der Waals surface area (Å²) in [5, 5.41) is 5.44. The van der Waals surface area contributed by atoms with Crippen molar-refractivity contribution in [3.8, 4) is 0 Å². The molecule has 0 unspecified atom stereocenters. The zero-order valence-corrected chi connectivity index (χ0v) is 15.7. The van der Waals surface area contributed by atoms with Crippen molar-refractivity contribution in [2.24, 2.45) is 0 Å². The fraction of sp³-hybridized carbons (Fsp3) is 0.438. The van der Waals surface area contributed by atoms with Crippen LogP contribution in [0.1, 0.15) is 39.8 Å². The van der Waals surface area contributed by atoms with E-state index in [4.69, 9.17) is 28.2 Å². The number of anilines is 1. The zero-order valence-electron chi connectivity index (χ0n) is 12.7. The Kier molecular flexibility index (Phi) is 5.07. The molecule has 0 aliphatic rings. The third-order valence-electron chi connectivity index (χ3n) is 3.27. The molecule has 0 atom stereocenters. The van der Waals surface area contributed by atoms with E-state index < -0.39 is 0 Å². The Balaban J connectivity index is 2.78. The first-order chi connectivity index (χ1) is 9.75. The van der Waals surface area contributed by atoms with Gasteiger partial charge in [-0.3, -0.25) is 4.98 Å². The molecule has 0 fully saturated rings. The highest BCUT2D eigenvalue weighted by Crippen LogP contribution is 2.40. The first-order valence-electron chi connectivity index (χ1n) is 6.98. The second-order valence-electron chi connectivity index (χ2n) is 6.11. The molecule has 5 heteroatoms. The smallest absolute Gasteiger partial charge is 0.0928 e. The molecule has 2 rings (SSSR count). The largest absolute Gasteiger partial charge is 0.384 e. The fourth-order valence-corrected chi connectivity index (χ4v) is 2.99. The lowest BCUT2D eigenvalue weighted by molar-refractivity contribution is 0.572. The quantitative estimate of drug-likeness (QED) is 0.612. The molecule has 1 aromatic carbocycles. The third kappa shape index (κ3) is 3.46. The number of rotatable bonds is 3. The number of fused-ring (bicyclic) bond motifs is 1. The molecule has 0 aliphatic carbocycles. The van der Waals surface area contributed by atoms with Crippen LogP contribution in [0.2, 0.25) is 10.0 Å². The van der Waals surface area contributed by atoms with E-state index in [1.165, 1.54) is 0 Å². The van der Waals surface area contributed by atoms with Crippen molar-refractivity contribution >= 4 is 55.7 Å². The molecule has 1 heterocycles. The maximum atomic E-state index is 6.41. The van der Waals surface area contributed by atoms with Crippen LogP contribution in [0.15, 0.2) is 16.6 Å². The van der Waals surface area contributed by atoms with Gasteiger partial charge in [0.25, 0.3) is 0 Å². The predicted molar refractivity (Wildman–Crippen MR) is 96.9 cm³/mol. The lowest BCUT2D eigenvalue weighted by atomic mass is 9.90. The number of hydrogen-bond acceptors (Lipinski definition) is 2. The van der Waals surface area contributed by atoms with Crippen LogP contribution in [0.4, 0.5) is 5.69 Å². The van der Waals surface area contributed by atoms with Crippen LogP contribution in [0.25, 0.3) is 10.9 Å². The van der Waals surface area contributed by atoms with Crippen LogP contribution in [0.3, 0.4) is 0 Å². The van der Waals surface area contributed by atoms with Gasteiger partial charge in [-0.25, -0.2) is 0 Å². The number of halogens is 3. The first-order valence-corrected chi connectivity index (χ1v) is 8.53. The standard InChI is InChI=1S/C16H19BrCl2N2/c1-5-6-20-11-8-12(16(2,3)4)21-15-9(11)7-10(17)13(18)14(15)19/h7-8H,5-6H2,1-4H3,(H,20,21). The van der Waals surface area contributed by atoms with Gasteiger partial charge in [-0.2, -0.15) is 0 Å². The van der Waals surface area contributed by atoms with Crippen molar-refractivity contribution in [3.63, 3.8) is 0 Å². The van der Waals surface area contributed by atoms with Gasteiger partial charge in [-0.1, -0.05) is 50.9 Å². The van der Waals surface area contributed by atoms with Gasteiger partial charge in [-0.05, 0) is 34.5 Å². The van der Waals surface area contributed by atoms with Crippen molar-refractivity contribution in [2.75, 3.05) is 11.9 Å². The van der Waals surface area contributed by atoms with E-state index in [9.17, 15) is 0 Å². The average Bonchev–Trinajstić information content (AvgIpc) is 2.41. The number of aromatic nitrogens is 1. The summed E-state index contributed by atoms with van der Waals surface area (Å²) in [6.07, 6.45) is 1.05. The second-order valence-corrected chi connectivity index (χ2v) is 7.72. The molecule has 0 amide bonds. The Labute approximate surface area is 144 Å². The average molecular weight is 390 g/mol. The SMILES string of the molecule is CCCNc1cc(C(C)(C)C)nc2c(Cl)c(Cl)c(Br)cc12. The minimum atomic E-state index is -0.0558. The van der Waals surface area contributed by atoms with E-state index in [-0.39, 0.29) is 5.41 Å². The van der Waals surface area contributed by atoms with E-state index >= 15 is 0 Å². The van der Waals surface area contributed by atoms with Gasteiger partial charge in [0.2, 0.25) is 0 Å². The summed E-state index contributed by atoms with van der Waals surface area (Å²) in [6, 6.07) is 4.08. The minimum Gasteiger partial charge on any atom is -0.384 e. The van der Waals surface area contributed by atoms with Crippen LogP contribution in [-0.2, 0) is 5.41 Å². The molecule has 0 spiro atoms. The van der Waals surface area contributed by atoms with Crippen molar-refractivity contribution < 1.29 is 0 Å². The zero-order chi connectivity index (χ0) is 15.8. The lowest BCUT2D eigenvalue weighted by Crippen LogP contribution is -2.15. The molecule has 0 saturated heterocycles. The van der Waals surface area contributed by atoms with Gasteiger partial charge in [0.1, 0.15) is 0 Å². The van der Waals surface area contributed by atoms with E-state index in [0.29, 0.717) is 10.0 Å². The molecular weight excluding hydrogens is 371 g/mol. The molecule has 0 saturated carbocycles. The third-order valence-corrected chi connectivity index (χ3v) is 4.98. The molecule has 2 nitrogen and oxygen atoms in total. The highest BCUT2D eigenvalue weighted by molar-refractivity contribution is 9.10. The van der Waals surface area contributed by atoms with Gasteiger partial charge >= 0.3 is 0 Å². The van der Waals surface area contributed by atoms with Crippen LogP contribution in [0, 0.1) is 0 Å². The highest BCUT2D eigenvalue weighted by Gasteiger charge is 2.20. The Morgan fingerprint density at radius 1 is 1.19 bits per heavy atom. The Bertz CT molecular complexity index is 678. The number of benzene rings is 1. The maximum absolute atomic E-state index is 6.41. The molecule has 0 bridgehead atoms. The van der Waals surface area contributed by atoms with Gasteiger partial charge < -0.3 is 5.32 Å². The molecule has 21 heavy (non-hydrogen) atoms. The molecular formula is C16H19BrCl2N2. The summed E-state index contributed by atoms with van der Waals surface area (Å²) in [5.41, 5.74) is 2.73. The van der Waals surface area contributed by atoms with Crippen molar-refractivity contribution in [3.05, 3.63) is 32.3 Å². The maximum Gasteiger partial charge on any atom is 0.0928 e. The monoisotopic (exact) mass is 388 g/mol. The summed E-state index contributed by atoms with van der Waals surface area (Å²) in [7, 11) is 0. The molecule has 2 aromatic rings. The van der Waals surface area contributed by atoms with Gasteiger partial charge in [0.15, 0.2) is 0 Å². The molecule has 0 radical (unpaired) electrons. The number of pyridine rings is 1. The first kappa shape index (κ1) is 16.9. The second kappa shape index (κ2) is 6.31. The molecule has 114 valence electrons. The van der Waals surface area contributed by atoms with Crippen molar-refractivity contribution in [2.45, 2.75) is 39.5 Å². The van der Waals surface area contributed by atoms with Crippen molar-refractivity contribution in [1.82, 2.24) is 4.98 Å². The van der Waals surface area contributed by atoms with Gasteiger partial charge in [0, 0.05) is 33.2 Å². The summed E-state index contributed by atoms with van der Waals surface area (Å²) in [4.78, 5) is 4.74. The van der Waals surface area contributed by atoms with Crippen LogP contribution in [0.5, 0.6) is 0 Å². The summed E-state index contributed by atoms with van der Waals surface area (Å²) >= 11 is 16.1. The molecule has 0 aliphatic heterocycles. The minimum absolute atomic E-state index is 0.0558. The number of nitrogens with one attached hydrogen (secondary N) is 1. The predicted octanol–water partition coefficient (Wildman–Crippen LogP) is 6.42. The fourth-order valence-electron chi connectivity index (χ4n) is 2.06. The van der Waals surface area contributed by atoms with E-state index in [1.807, 2.05) is 6.07 Å². The van der Waals surface area contributed by atoms with Crippen molar-refractivity contribution in [1.29, 1.82) is 0 Å². The Hall–Kier alpha value is -0.510. The van der Waals surface area contributed by atoms with E-state index in [0.717, 1.165) is 39.7 Å². The normalized spacial score (nSPS) is 12.0. The number of nitrogens with zero attached hydrogens (tertiary/aromatic N) is 1. The van der Waals surface area contributed by atoms with E-state index in [1.54, 1.807) is 0 Å². The highest BCUT2D eigenvalue weighted by atomic mass is 79.9. The van der Waals surface area contributed by atoms with Crippen LogP contribution >= 0.6 is 39.1 Å². The summed E-state index contributed by atoms with van der Waals surface area (Å²) < 4.78 is 0.784. The summed E-state index contributed by atoms with van der Waals surface area (Å²) in [6.45, 7) is 9.46. The molecule has 1 N–H and O–H groups in total. The van der Waals surface area contributed by atoms with Crippen LogP contribution in [-0.4, -0.2) is 11.5 Å². The van der Waals surface area contributed by atoms with Crippen LogP contribution < -0.4 is 5.32 Å². The topological polar surface area (TPSA) is 24.9 Å².